The summed E-state index contributed by atoms with van der Waals surface area (Å²) in [5.74, 6) is 0.222. The first kappa shape index (κ1) is 13.6. The van der Waals surface area contributed by atoms with E-state index < -0.39 is 0 Å². The van der Waals surface area contributed by atoms with E-state index >= 15 is 0 Å². The largest absolute Gasteiger partial charge is 0.369 e. The SMILES string of the molecule is Cc1cccc(N2C(N)=NCC2c2cc(C)ccc2F)c1. The zero-order valence-electron chi connectivity index (χ0n) is 12.2. The van der Waals surface area contributed by atoms with Crippen LogP contribution in [0, 0.1) is 19.7 Å². The summed E-state index contributed by atoms with van der Waals surface area (Å²) in [4.78, 5) is 6.21. The van der Waals surface area contributed by atoms with Crippen LogP contribution in [0.25, 0.3) is 0 Å². The number of anilines is 1. The molecule has 2 N–H and O–H groups in total. The number of nitrogens with zero attached hydrogens (tertiary/aromatic N) is 2. The van der Waals surface area contributed by atoms with Crippen LogP contribution in [0.2, 0.25) is 0 Å². The van der Waals surface area contributed by atoms with Gasteiger partial charge in [0.2, 0.25) is 0 Å². The highest BCUT2D eigenvalue weighted by atomic mass is 19.1. The molecule has 1 aliphatic heterocycles. The topological polar surface area (TPSA) is 41.6 Å². The van der Waals surface area contributed by atoms with Gasteiger partial charge < -0.3 is 10.6 Å². The predicted molar refractivity (Wildman–Crippen MR) is 84.0 cm³/mol. The Bertz CT molecular complexity index is 709. The zero-order valence-corrected chi connectivity index (χ0v) is 12.2. The molecule has 1 atom stereocenters. The number of hydrogen-bond donors (Lipinski definition) is 1. The molecule has 3 nitrogen and oxygen atoms in total. The van der Waals surface area contributed by atoms with Crippen LogP contribution in [-0.2, 0) is 0 Å². The normalized spacial score (nSPS) is 18.0. The van der Waals surface area contributed by atoms with Gasteiger partial charge in [-0.15, -0.1) is 0 Å². The first-order valence-electron chi connectivity index (χ1n) is 6.98. The number of hydrogen-bond acceptors (Lipinski definition) is 3. The lowest BCUT2D eigenvalue weighted by Gasteiger charge is -2.27. The zero-order chi connectivity index (χ0) is 15.0. The van der Waals surface area contributed by atoms with Gasteiger partial charge in [-0.25, -0.2) is 4.39 Å². The summed E-state index contributed by atoms with van der Waals surface area (Å²) < 4.78 is 14.2. The Morgan fingerprint density at radius 1 is 1.14 bits per heavy atom. The molecule has 0 aromatic heterocycles. The molecule has 0 aliphatic carbocycles. The summed E-state index contributed by atoms with van der Waals surface area (Å²) in [6, 6.07) is 13.0. The van der Waals surface area contributed by atoms with Gasteiger partial charge in [0.1, 0.15) is 5.82 Å². The lowest BCUT2D eigenvalue weighted by atomic mass is 10.0. The van der Waals surface area contributed by atoms with Crippen LogP contribution in [0.5, 0.6) is 0 Å². The summed E-state index contributed by atoms with van der Waals surface area (Å²) in [5.41, 5.74) is 9.78. The van der Waals surface area contributed by atoms with Crippen LogP contribution < -0.4 is 10.6 Å². The van der Waals surface area contributed by atoms with Gasteiger partial charge in [0.05, 0.1) is 12.6 Å². The molecule has 1 heterocycles. The van der Waals surface area contributed by atoms with E-state index in [9.17, 15) is 4.39 Å². The Balaban J connectivity index is 2.05. The maximum absolute atomic E-state index is 14.2. The maximum Gasteiger partial charge on any atom is 0.196 e. The monoisotopic (exact) mass is 283 g/mol. The van der Waals surface area contributed by atoms with Gasteiger partial charge in [0.15, 0.2) is 5.96 Å². The molecule has 2 aromatic rings. The van der Waals surface area contributed by atoms with Crippen molar-refractivity contribution >= 4 is 11.6 Å². The van der Waals surface area contributed by atoms with Gasteiger partial charge in [-0.3, -0.25) is 4.99 Å². The molecule has 0 saturated carbocycles. The highest BCUT2D eigenvalue weighted by Crippen LogP contribution is 2.33. The second-order valence-corrected chi connectivity index (χ2v) is 5.45. The number of benzene rings is 2. The minimum atomic E-state index is -0.215. The van der Waals surface area contributed by atoms with Crippen LogP contribution in [0.4, 0.5) is 10.1 Å². The first-order valence-corrected chi connectivity index (χ1v) is 6.98. The molecule has 21 heavy (non-hydrogen) atoms. The molecule has 108 valence electrons. The van der Waals surface area contributed by atoms with Crippen molar-refractivity contribution in [3.8, 4) is 0 Å². The number of guanidine groups is 1. The van der Waals surface area contributed by atoms with Crippen molar-refractivity contribution in [3.05, 3.63) is 65.0 Å². The molecule has 2 aromatic carbocycles. The molecule has 0 amide bonds. The highest BCUT2D eigenvalue weighted by molar-refractivity contribution is 5.97. The molecular formula is C17H18FN3. The minimum Gasteiger partial charge on any atom is -0.369 e. The van der Waals surface area contributed by atoms with Crippen molar-refractivity contribution in [2.75, 3.05) is 11.4 Å². The van der Waals surface area contributed by atoms with E-state index in [1.54, 1.807) is 6.07 Å². The standard InChI is InChI=1S/C17H18FN3/c1-11-4-3-5-13(8-11)21-16(10-20-17(21)19)14-9-12(2)6-7-15(14)18/h3-9,16H,10H2,1-2H3,(H2,19,20). The summed E-state index contributed by atoms with van der Waals surface area (Å²) in [7, 11) is 0. The van der Waals surface area contributed by atoms with Crippen LogP contribution in [0.3, 0.4) is 0 Å². The molecule has 0 radical (unpaired) electrons. The molecular weight excluding hydrogens is 265 g/mol. The fraction of sp³-hybridized carbons (Fsp3) is 0.235. The van der Waals surface area contributed by atoms with Crippen molar-refractivity contribution < 1.29 is 4.39 Å². The lowest BCUT2D eigenvalue weighted by Crippen LogP contribution is -2.36. The van der Waals surface area contributed by atoms with E-state index in [-0.39, 0.29) is 11.9 Å². The van der Waals surface area contributed by atoms with Gasteiger partial charge in [-0.2, -0.15) is 0 Å². The quantitative estimate of drug-likeness (QED) is 0.918. The van der Waals surface area contributed by atoms with Crippen molar-refractivity contribution in [3.63, 3.8) is 0 Å². The number of aryl methyl sites for hydroxylation is 2. The summed E-state index contributed by atoms with van der Waals surface area (Å²) in [5, 5.41) is 0. The Morgan fingerprint density at radius 3 is 2.67 bits per heavy atom. The second kappa shape index (κ2) is 5.20. The molecule has 0 bridgehead atoms. The molecule has 0 saturated heterocycles. The minimum absolute atomic E-state index is 0.188. The summed E-state index contributed by atoms with van der Waals surface area (Å²) in [6.45, 7) is 4.45. The van der Waals surface area contributed by atoms with Gasteiger partial charge >= 0.3 is 0 Å². The van der Waals surface area contributed by atoms with Crippen LogP contribution >= 0.6 is 0 Å². The van der Waals surface area contributed by atoms with Crippen molar-refractivity contribution in [2.45, 2.75) is 19.9 Å². The number of nitrogens with two attached hydrogens (primary N) is 1. The Labute approximate surface area is 123 Å². The fourth-order valence-corrected chi connectivity index (χ4v) is 2.74. The number of aliphatic imine (C=N–C) groups is 1. The average molecular weight is 283 g/mol. The Hall–Kier alpha value is -2.36. The van der Waals surface area contributed by atoms with Crippen LogP contribution in [0.15, 0.2) is 47.5 Å². The van der Waals surface area contributed by atoms with Crippen molar-refractivity contribution in [1.82, 2.24) is 0 Å². The third kappa shape index (κ3) is 2.49. The molecule has 1 aliphatic rings. The van der Waals surface area contributed by atoms with Gasteiger partial charge in [0.25, 0.3) is 0 Å². The first-order chi connectivity index (χ1) is 10.1. The third-order valence-corrected chi connectivity index (χ3v) is 3.78. The number of halogens is 1. The molecule has 0 fully saturated rings. The average Bonchev–Trinajstić information content (AvgIpc) is 2.83. The molecule has 0 spiro atoms. The van der Waals surface area contributed by atoms with Crippen molar-refractivity contribution in [2.24, 2.45) is 10.7 Å². The van der Waals surface area contributed by atoms with E-state index in [1.165, 1.54) is 6.07 Å². The lowest BCUT2D eigenvalue weighted by molar-refractivity contribution is 0.589. The van der Waals surface area contributed by atoms with Gasteiger partial charge in [-0.1, -0.05) is 29.8 Å². The molecule has 1 unspecified atom stereocenters. The Morgan fingerprint density at radius 2 is 1.90 bits per heavy atom. The summed E-state index contributed by atoms with van der Waals surface area (Å²) in [6.07, 6.45) is 0. The van der Waals surface area contributed by atoms with E-state index in [2.05, 4.69) is 4.99 Å². The van der Waals surface area contributed by atoms with Crippen LogP contribution in [0.1, 0.15) is 22.7 Å². The third-order valence-electron chi connectivity index (χ3n) is 3.78. The van der Waals surface area contributed by atoms with Gasteiger partial charge in [0, 0.05) is 11.3 Å². The molecule has 4 heteroatoms. The van der Waals surface area contributed by atoms with Gasteiger partial charge in [-0.05, 0) is 37.6 Å². The Kier molecular flexibility index (Phi) is 3.37. The van der Waals surface area contributed by atoms with E-state index in [0.717, 1.165) is 16.8 Å². The fourth-order valence-electron chi connectivity index (χ4n) is 2.74. The highest BCUT2D eigenvalue weighted by Gasteiger charge is 2.30. The smallest absolute Gasteiger partial charge is 0.196 e. The van der Waals surface area contributed by atoms with E-state index in [0.29, 0.717) is 18.1 Å². The summed E-state index contributed by atoms with van der Waals surface area (Å²) >= 11 is 0. The number of rotatable bonds is 2. The predicted octanol–water partition coefficient (Wildman–Crippen LogP) is 3.32. The van der Waals surface area contributed by atoms with Crippen molar-refractivity contribution in [1.29, 1.82) is 0 Å². The van der Waals surface area contributed by atoms with E-state index in [4.69, 9.17) is 5.73 Å². The van der Waals surface area contributed by atoms with Crippen LogP contribution in [-0.4, -0.2) is 12.5 Å². The maximum atomic E-state index is 14.2. The van der Waals surface area contributed by atoms with E-state index in [1.807, 2.05) is 49.1 Å². The molecule has 3 rings (SSSR count). The second-order valence-electron chi connectivity index (χ2n) is 5.45.